The summed E-state index contributed by atoms with van der Waals surface area (Å²) in [6, 6.07) is 11.9. The molecule has 0 bridgehead atoms. The standard InChI is InChI=1S/C20H22FN3O2S/c1-23(2)11-6-12-24(19(25)14-7-4-8-15(13-14)26-3)20-22-18-16(21)9-5-10-17(18)27-20/h4-5,7-10,13H,6,11-12H2,1-3H3/p+1. The number of fused-ring (bicyclic) bond motifs is 1. The summed E-state index contributed by atoms with van der Waals surface area (Å²) in [6.45, 7) is 1.43. The number of aromatic nitrogens is 1. The highest BCUT2D eigenvalue weighted by Gasteiger charge is 2.22. The lowest BCUT2D eigenvalue weighted by molar-refractivity contribution is -0.858. The fourth-order valence-electron chi connectivity index (χ4n) is 2.81. The van der Waals surface area contributed by atoms with Gasteiger partial charge in [-0.2, -0.15) is 0 Å². The van der Waals surface area contributed by atoms with Crippen LogP contribution < -0.4 is 14.5 Å². The van der Waals surface area contributed by atoms with Crippen molar-refractivity contribution in [3.05, 3.63) is 53.8 Å². The second-order valence-electron chi connectivity index (χ2n) is 6.58. The Morgan fingerprint density at radius 3 is 2.74 bits per heavy atom. The average molecular weight is 388 g/mol. The Bertz CT molecular complexity index is 942. The minimum absolute atomic E-state index is 0.165. The Labute approximate surface area is 162 Å². The van der Waals surface area contributed by atoms with E-state index in [9.17, 15) is 9.18 Å². The van der Waals surface area contributed by atoms with Crippen LogP contribution in [0.1, 0.15) is 16.8 Å². The molecular formula is C20H23FN3O2S+. The third-order valence-electron chi connectivity index (χ3n) is 4.21. The van der Waals surface area contributed by atoms with E-state index in [0.29, 0.717) is 28.5 Å². The summed E-state index contributed by atoms with van der Waals surface area (Å²) in [5, 5.41) is 0.511. The van der Waals surface area contributed by atoms with Gasteiger partial charge in [-0.05, 0) is 30.3 Å². The van der Waals surface area contributed by atoms with Gasteiger partial charge in [0.1, 0.15) is 17.1 Å². The number of benzene rings is 2. The van der Waals surface area contributed by atoms with Crippen LogP contribution in [-0.4, -0.2) is 45.2 Å². The number of para-hydroxylation sites is 1. The molecule has 3 aromatic rings. The van der Waals surface area contributed by atoms with Crippen LogP contribution in [0.5, 0.6) is 5.75 Å². The molecule has 0 atom stereocenters. The first-order valence-corrected chi connectivity index (χ1v) is 9.61. The summed E-state index contributed by atoms with van der Waals surface area (Å²) < 4.78 is 20.0. The smallest absolute Gasteiger partial charge is 0.260 e. The highest BCUT2D eigenvalue weighted by molar-refractivity contribution is 7.22. The molecule has 0 unspecified atom stereocenters. The normalized spacial score (nSPS) is 11.1. The zero-order valence-electron chi connectivity index (χ0n) is 15.7. The molecule has 0 radical (unpaired) electrons. The molecule has 0 fully saturated rings. The van der Waals surface area contributed by atoms with Crippen molar-refractivity contribution in [2.75, 3.05) is 39.2 Å². The summed E-state index contributed by atoms with van der Waals surface area (Å²) in [5.41, 5.74) is 0.824. The van der Waals surface area contributed by atoms with Gasteiger partial charge in [0.25, 0.3) is 5.91 Å². The number of ether oxygens (including phenoxy) is 1. The Hall–Kier alpha value is -2.51. The van der Waals surface area contributed by atoms with E-state index in [-0.39, 0.29) is 11.7 Å². The number of nitrogens with one attached hydrogen (secondary N) is 1. The number of halogens is 1. The lowest BCUT2D eigenvalue weighted by Crippen LogP contribution is -3.05. The first kappa shape index (κ1) is 19.3. The number of thiazole rings is 1. The van der Waals surface area contributed by atoms with Crippen LogP contribution >= 0.6 is 11.3 Å². The molecule has 1 aromatic heterocycles. The number of anilines is 1. The van der Waals surface area contributed by atoms with Gasteiger partial charge in [0.2, 0.25) is 0 Å². The zero-order chi connectivity index (χ0) is 19.4. The Morgan fingerprint density at radius 1 is 1.26 bits per heavy atom. The average Bonchev–Trinajstić information content (AvgIpc) is 3.10. The molecule has 0 saturated heterocycles. The van der Waals surface area contributed by atoms with Crippen LogP contribution in [0, 0.1) is 5.82 Å². The van der Waals surface area contributed by atoms with Crippen LogP contribution in [0.4, 0.5) is 9.52 Å². The summed E-state index contributed by atoms with van der Waals surface area (Å²) in [4.78, 5) is 20.5. The number of amides is 1. The quantitative estimate of drug-likeness (QED) is 0.677. The number of carbonyl (C=O) groups excluding carboxylic acids is 1. The van der Waals surface area contributed by atoms with Crippen molar-refractivity contribution >= 4 is 32.6 Å². The molecule has 0 aliphatic rings. The monoisotopic (exact) mass is 388 g/mol. The molecule has 1 amide bonds. The van der Waals surface area contributed by atoms with E-state index in [4.69, 9.17) is 4.74 Å². The molecule has 0 spiro atoms. The molecule has 5 nitrogen and oxygen atoms in total. The fourth-order valence-corrected chi connectivity index (χ4v) is 3.81. The third kappa shape index (κ3) is 4.43. The van der Waals surface area contributed by atoms with Crippen molar-refractivity contribution in [1.29, 1.82) is 0 Å². The third-order valence-corrected chi connectivity index (χ3v) is 5.25. The molecule has 1 N–H and O–H groups in total. The van der Waals surface area contributed by atoms with E-state index in [1.165, 1.54) is 22.3 Å². The van der Waals surface area contributed by atoms with Gasteiger partial charge in [-0.25, -0.2) is 9.37 Å². The summed E-state index contributed by atoms with van der Waals surface area (Å²) in [5.74, 6) is 0.0810. The van der Waals surface area contributed by atoms with Crippen LogP contribution in [0.25, 0.3) is 10.2 Å². The second kappa shape index (κ2) is 8.45. The fraction of sp³-hybridized carbons (Fsp3) is 0.300. The molecule has 2 aromatic carbocycles. The Morgan fingerprint density at radius 2 is 2.04 bits per heavy atom. The van der Waals surface area contributed by atoms with Gasteiger partial charge in [-0.1, -0.05) is 23.5 Å². The number of quaternary nitrogens is 1. The SMILES string of the molecule is COc1cccc(C(=O)N(CCC[NH+](C)C)c2nc3c(F)cccc3s2)c1. The maximum Gasteiger partial charge on any atom is 0.260 e. The maximum absolute atomic E-state index is 14.1. The molecule has 142 valence electrons. The van der Waals surface area contributed by atoms with E-state index in [1.807, 2.05) is 6.07 Å². The maximum atomic E-state index is 14.1. The first-order valence-electron chi connectivity index (χ1n) is 8.79. The highest BCUT2D eigenvalue weighted by Crippen LogP contribution is 2.31. The van der Waals surface area contributed by atoms with Gasteiger partial charge >= 0.3 is 0 Å². The number of carbonyl (C=O) groups is 1. The summed E-state index contributed by atoms with van der Waals surface area (Å²) >= 11 is 1.33. The minimum Gasteiger partial charge on any atom is -0.497 e. The number of rotatable bonds is 7. The molecular weight excluding hydrogens is 365 g/mol. The lowest BCUT2D eigenvalue weighted by Gasteiger charge is -2.20. The van der Waals surface area contributed by atoms with E-state index >= 15 is 0 Å². The molecule has 0 aliphatic carbocycles. The zero-order valence-corrected chi connectivity index (χ0v) is 16.5. The van der Waals surface area contributed by atoms with Gasteiger partial charge in [0.05, 0.1) is 32.4 Å². The first-order chi connectivity index (χ1) is 13.0. The molecule has 7 heteroatoms. The van der Waals surface area contributed by atoms with Gasteiger partial charge in [0, 0.05) is 18.5 Å². The van der Waals surface area contributed by atoms with Gasteiger partial charge < -0.3 is 9.64 Å². The van der Waals surface area contributed by atoms with Crippen LogP contribution in [0.15, 0.2) is 42.5 Å². The molecule has 3 rings (SSSR count). The van der Waals surface area contributed by atoms with E-state index in [2.05, 4.69) is 19.1 Å². The number of hydrogen-bond donors (Lipinski definition) is 1. The Kier molecular flexibility index (Phi) is 6.03. The van der Waals surface area contributed by atoms with E-state index < -0.39 is 0 Å². The van der Waals surface area contributed by atoms with Crippen molar-refractivity contribution in [3.8, 4) is 5.75 Å². The lowest BCUT2D eigenvalue weighted by atomic mass is 10.2. The van der Waals surface area contributed by atoms with Crippen LogP contribution in [-0.2, 0) is 0 Å². The van der Waals surface area contributed by atoms with Crippen LogP contribution in [0.3, 0.4) is 0 Å². The number of methoxy groups -OCH3 is 1. The molecule has 0 saturated carbocycles. The highest BCUT2D eigenvalue weighted by atomic mass is 32.1. The minimum atomic E-state index is -0.374. The largest absolute Gasteiger partial charge is 0.497 e. The van der Waals surface area contributed by atoms with Crippen molar-refractivity contribution in [2.45, 2.75) is 6.42 Å². The molecule has 1 heterocycles. The topological polar surface area (TPSA) is 46.9 Å². The summed E-state index contributed by atoms with van der Waals surface area (Å²) in [7, 11) is 5.71. The van der Waals surface area contributed by atoms with Crippen molar-refractivity contribution in [2.24, 2.45) is 0 Å². The Balaban J connectivity index is 1.96. The van der Waals surface area contributed by atoms with Gasteiger partial charge in [-0.15, -0.1) is 0 Å². The predicted molar refractivity (Wildman–Crippen MR) is 107 cm³/mol. The number of hydrogen-bond acceptors (Lipinski definition) is 4. The predicted octanol–water partition coefficient (Wildman–Crippen LogP) is 2.63. The van der Waals surface area contributed by atoms with Gasteiger partial charge in [-0.3, -0.25) is 9.69 Å². The van der Waals surface area contributed by atoms with Crippen LogP contribution in [0.2, 0.25) is 0 Å². The van der Waals surface area contributed by atoms with Gasteiger partial charge in [0.15, 0.2) is 5.13 Å². The van der Waals surface area contributed by atoms with E-state index in [0.717, 1.165) is 17.7 Å². The second-order valence-corrected chi connectivity index (χ2v) is 7.59. The summed E-state index contributed by atoms with van der Waals surface area (Å²) in [6.07, 6.45) is 0.816. The van der Waals surface area contributed by atoms with E-state index in [1.54, 1.807) is 42.3 Å². The van der Waals surface area contributed by atoms with Crippen molar-refractivity contribution in [1.82, 2.24) is 4.98 Å². The van der Waals surface area contributed by atoms with Crippen molar-refractivity contribution in [3.63, 3.8) is 0 Å². The molecule has 27 heavy (non-hydrogen) atoms. The molecule has 0 aliphatic heterocycles. The van der Waals surface area contributed by atoms with Crippen molar-refractivity contribution < 1.29 is 18.8 Å². The number of nitrogens with zero attached hydrogens (tertiary/aromatic N) is 2.